The second kappa shape index (κ2) is 11.8. The zero-order valence-corrected chi connectivity index (χ0v) is 20.1. The van der Waals surface area contributed by atoms with E-state index in [2.05, 4.69) is 34.7 Å². The average molecular weight is 457 g/mol. The smallest absolute Gasteiger partial charge is 0.199 e. The van der Waals surface area contributed by atoms with Gasteiger partial charge < -0.3 is 18.8 Å². The highest BCUT2D eigenvalue weighted by Gasteiger charge is 2.14. The summed E-state index contributed by atoms with van der Waals surface area (Å²) in [4.78, 5) is 2.17. The molecule has 2 aromatic carbocycles. The zero-order chi connectivity index (χ0) is 22.9. The Bertz CT molecular complexity index is 1050. The summed E-state index contributed by atoms with van der Waals surface area (Å²) in [5.74, 6) is 2.43. The van der Waals surface area contributed by atoms with E-state index in [-0.39, 0.29) is 0 Å². The van der Waals surface area contributed by atoms with E-state index >= 15 is 0 Å². The molecule has 0 aliphatic rings. The Hall–Kier alpha value is -2.68. The van der Waals surface area contributed by atoms with Gasteiger partial charge in [-0.3, -0.25) is 4.90 Å². The van der Waals surface area contributed by atoms with Crippen LogP contribution in [-0.2, 0) is 30.9 Å². The normalized spacial score (nSPS) is 11.2. The Morgan fingerprint density at radius 3 is 2.50 bits per heavy atom. The average Bonchev–Trinajstić information content (AvgIpc) is 3.07. The molecule has 0 bridgehead atoms. The van der Waals surface area contributed by atoms with Gasteiger partial charge in [-0.15, -0.1) is 0 Å². The van der Waals surface area contributed by atoms with Crippen LogP contribution in [0.3, 0.4) is 0 Å². The number of hydrogen-bond donors (Lipinski definition) is 0. The Labute approximate surface area is 195 Å². The second-order valence-corrected chi connectivity index (χ2v) is 7.94. The molecule has 0 amide bonds. The number of ether oxygens (including phenoxy) is 3. The number of benzene rings is 2. The summed E-state index contributed by atoms with van der Waals surface area (Å²) in [5, 5.41) is 4.85. The maximum absolute atomic E-state index is 5.76. The Morgan fingerprint density at radius 1 is 1.03 bits per heavy atom. The molecule has 172 valence electrons. The van der Waals surface area contributed by atoms with Crippen LogP contribution in [0.2, 0.25) is 0 Å². The molecule has 3 rings (SSSR count). The first-order valence-electron chi connectivity index (χ1n) is 10.7. The molecule has 32 heavy (non-hydrogen) atoms. The van der Waals surface area contributed by atoms with Crippen LogP contribution in [0.1, 0.15) is 23.9 Å². The predicted octanol–water partition coefficient (Wildman–Crippen LogP) is 4.15. The molecule has 0 aliphatic heterocycles. The molecule has 0 N–H and O–H groups in total. The standard InChI is InChI=1S/C24H32N4O3S/c1-5-31-21-12-11-20(15-22(21)30-4)17-26(2)18-28-24(32)27(13-14-29-3)23(25-28)16-19-9-7-6-8-10-19/h6-12,15H,5,13-14,16-18H2,1-4H3. The first-order chi connectivity index (χ1) is 15.5. The lowest BCUT2D eigenvalue weighted by Gasteiger charge is -2.18. The number of aromatic nitrogens is 3. The van der Waals surface area contributed by atoms with Crippen molar-refractivity contribution in [3.8, 4) is 11.5 Å². The molecule has 0 radical (unpaired) electrons. The molecule has 0 atom stereocenters. The lowest BCUT2D eigenvalue weighted by atomic mass is 10.1. The largest absolute Gasteiger partial charge is 0.493 e. The highest BCUT2D eigenvalue weighted by molar-refractivity contribution is 7.71. The topological polar surface area (TPSA) is 53.7 Å². The number of methoxy groups -OCH3 is 2. The summed E-state index contributed by atoms with van der Waals surface area (Å²) in [7, 11) is 5.41. The summed E-state index contributed by atoms with van der Waals surface area (Å²) < 4.78 is 21.0. The maximum Gasteiger partial charge on any atom is 0.199 e. The number of nitrogens with zero attached hydrogens (tertiary/aromatic N) is 4. The van der Waals surface area contributed by atoms with Gasteiger partial charge in [0.05, 0.1) is 33.5 Å². The lowest BCUT2D eigenvalue weighted by molar-refractivity contribution is 0.185. The van der Waals surface area contributed by atoms with Crippen molar-refractivity contribution in [1.82, 2.24) is 19.2 Å². The molecule has 1 heterocycles. The van der Waals surface area contributed by atoms with Gasteiger partial charge in [0.25, 0.3) is 0 Å². The predicted molar refractivity (Wildman–Crippen MR) is 128 cm³/mol. The van der Waals surface area contributed by atoms with Crippen LogP contribution in [0.15, 0.2) is 48.5 Å². The molecule has 3 aromatic rings. The maximum atomic E-state index is 5.76. The molecule has 7 nitrogen and oxygen atoms in total. The van der Waals surface area contributed by atoms with Crippen molar-refractivity contribution in [2.75, 3.05) is 34.5 Å². The summed E-state index contributed by atoms with van der Waals surface area (Å²) in [6.45, 7) is 5.13. The molecule has 1 aromatic heterocycles. The summed E-state index contributed by atoms with van der Waals surface area (Å²) >= 11 is 5.76. The van der Waals surface area contributed by atoms with E-state index < -0.39 is 0 Å². The van der Waals surface area contributed by atoms with Crippen LogP contribution in [-0.4, -0.2) is 53.7 Å². The quantitative estimate of drug-likeness (QED) is 0.382. The van der Waals surface area contributed by atoms with Gasteiger partial charge in [-0.05, 0) is 49.4 Å². The molecule has 0 unspecified atom stereocenters. The minimum atomic E-state index is 0.579. The van der Waals surface area contributed by atoms with Crippen LogP contribution in [0.5, 0.6) is 11.5 Å². The van der Waals surface area contributed by atoms with E-state index in [1.54, 1.807) is 14.2 Å². The van der Waals surface area contributed by atoms with Gasteiger partial charge in [0.2, 0.25) is 0 Å². The molecule has 0 saturated heterocycles. The molecular formula is C24H32N4O3S. The SMILES string of the molecule is CCOc1ccc(CN(C)Cn2nc(Cc3ccccc3)n(CCOC)c2=S)cc1OC. The van der Waals surface area contributed by atoms with Crippen molar-refractivity contribution in [2.45, 2.75) is 33.1 Å². The van der Waals surface area contributed by atoms with Crippen LogP contribution in [0.25, 0.3) is 0 Å². The van der Waals surface area contributed by atoms with E-state index in [4.69, 9.17) is 31.5 Å². The number of rotatable bonds is 12. The molecule has 0 aliphatic carbocycles. The number of hydrogen-bond acceptors (Lipinski definition) is 6. The van der Waals surface area contributed by atoms with E-state index in [0.717, 1.165) is 35.9 Å². The van der Waals surface area contributed by atoms with Crippen molar-refractivity contribution >= 4 is 12.2 Å². The third kappa shape index (κ3) is 6.18. The van der Waals surface area contributed by atoms with Gasteiger partial charge >= 0.3 is 0 Å². The van der Waals surface area contributed by atoms with E-state index in [1.807, 2.05) is 41.9 Å². The van der Waals surface area contributed by atoms with Gasteiger partial charge in [0.15, 0.2) is 16.3 Å². The minimum Gasteiger partial charge on any atom is -0.493 e. The molecule has 8 heteroatoms. The summed E-state index contributed by atoms with van der Waals surface area (Å²) in [6.07, 6.45) is 0.723. The fraction of sp³-hybridized carbons (Fsp3) is 0.417. The first kappa shape index (κ1) is 24.0. The Balaban J connectivity index is 1.76. The second-order valence-electron chi connectivity index (χ2n) is 7.58. The van der Waals surface area contributed by atoms with Crippen LogP contribution in [0.4, 0.5) is 0 Å². The van der Waals surface area contributed by atoms with Crippen molar-refractivity contribution in [3.63, 3.8) is 0 Å². The van der Waals surface area contributed by atoms with Gasteiger partial charge in [-0.1, -0.05) is 36.4 Å². The lowest BCUT2D eigenvalue weighted by Crippen LogP contribution is -2.22. The summed E-state index contributed by atoms with van der Waals surface area (Å²) in [6, 6.07) is 16.3. The monoisotopic (exact) mass is 456 g/mol. The minimum absolute atomic E-state index is 0.579. The highest BCUT2D eigenvalue weighted by Crippen LogP contribution is 2.28. The Morgan fingerprint density at radius 2 is 1.81 bits per heavy atom. The van der Waals surface area contributed by atoms with Gasteiger partial charge in [-0.25, -0.2) is 4.68 Å². The van der Waals surface area contributed by atoms with Crippen LogP contribution >= 0.6 is 12.2 Å². The third-order valence-electron chi connectivity index (χ3n) is 5.08. The fourth-order valence-electron chi connectivity index (χ4n) is 3.57. The van der Waals surface area contributed by atoms with E-state index in [0.29, 0.717) is 31.2 Å². The molecule has 0 spiro atoms. The first-order valence-corrected chi connectivity index (χ1v) is 11.1. The van der Waals surface area contributed by atoms with E-state index in [9.17, 15) is 0 Å². The third-order valence-corrected chi connectivity index (χ3v) is 5.51. The molecule has 0 fully saturated rings. The van der Waals surface area contributed by atoms with Gasteiger partial charge in [0.1, 0.15) is 5.82 Å². The van der Waals surface area contributed by atoms with Crippen molar-refractivity contribution in [1.29, 1.82) is 0 Å². The fourth-order valence-corrected chi connectivity index (χ4v) is 3.87. The summed E-state index contributed by atoms with van der Waals surface area (Å²) in [5.41, 5.74) is 2.33. The van der Waals surface area contributed by atoms with Crippen molar-refractivity contribution < 1.29 is 14.2 Å². The highest BCUT2D eigenvalue weighted by atomic mass is 32.1. The van der Waals surface area contributed by atoms with E-state index in [1.165, 1.54) is 5.56 Å². The molecular weight excluding hydrogens is 424 g/mol. The van der Waals surface area contributed by atoms with Crippen molar-refractivity contribution in [2.24, 2.45) is 0 Å². The van der Waals surface area contributed by atoms with Gasteiger partial charge in [-0.2, -0.15) is 5.10 Å². The zero-order valence-electron chi connectivity index (χ0n) is 19.3. The Kier molecular flexibility index (Phi) is 8.84. The van der Waals surface area contributed by atoms with Crippen LogP contribution < -0.4 is 9.47 Å². The van der Waals surface area contributed by atoms with Crippen LogP contribution in [0, 0.1) is 4.77 Å². The van der Waals surface area contributed by atoms with Crippen molar-refractivity contribution in [3.05, 3.63) is 70.3 Å². The molecule has 0 saturated carbocycles. The van der Waals surface area contributed by atoms with Gasteiger partial charge in [0, 0.05) is 20.1 Å².